The van der Waals surface area contributed by atoms with E-state index < -0.39 is 24.7 Å². The Balaban J connectivity index is 0.00000338. The van der Waals surface area contributed by atoms with Crippen molar-refractivity contribution >= 4 is 18.3 Å². The second kappa shape index (κ2) is 8.58. The minimum atomic E-state index is -4.40. The van der Waals surface area contributed by atoms with Gasteiger partial charge >= 0.3 is 6.18 Å². The highest BCUT2D eigenvalue weighted by Crippen LogP contribution is 2.25. The molecule has 0 saturated carbocycles. The largest absolute Gasteiger partial charge is 0.405 e. The molecule has 0 aromatic carbocycles. The molecule has 2 heterocycles. The summed E-state index contributed by atoms with van der Waals surface area (Å²) in [4.78, 5) is 13.7. The van der Waals surface area contributed by atoms with Gasteiger partial charge in [0.2, 0.25) is 0 Å². The number of hydrogen-bond donors (Lipinski definition) is 2. The van der Waals surface area contributed by atoms with Crippen molar-refractivity contribution in [2.24, 2.45) is 7.05 Å². The predicted octanol–water partition coefficient (Wildman–Crippen LogP) is 1.71. The van der Waals surface area contributed by atoms with Crippen LogP contribution >= 0.6 is 12.4 Å². The van der Waals surface area contributed by atoms with E-state index in [0.29, 0.717) is 26.2 Å². The number of alkyl halides is 3. The van der Waals surface area contributed by atoms with Crippen molar-refractivity contribution in [3.8, 4) is 0 Å². The molecule has 1 aliphatic heterocycles. The van der Waals surface area contributed by atoms with Gasteiger partial charge in [-0.15, -0.1) is 12.4 Å². The zero-order valence-corrected chi connectivity index (χ0v) is 16.3. The minimum Gasteiger partial charge on any atom is -0.349 e. The van der Waals surface area contributed by atoms with Crippen LogP contribution in [0, 0.1) is 0 Å². The minimum absolute atomic E-state index is 0. The molecule has 1 aliphatic rings. The molecular formula is C16H27ClF3N5O. The van der Waals surface area contributed by atoms with Crippen LogP contribution in [0.5, 0.6) is 0 Å². The van der Waals surface area contributed by atoms with Gasteiger partial charge in [0, 0.05) is 45.2 Å². The standard InChI is InChI=1S/C16H26F3N5O.ClH/c1-15(2,3)12-9-11(23(4)22-12)14(25)21-10-13(16(17,18)19)24-7-5-20-6-8-24;/h9,13,20H,5-8,10H2,1-4H3,(H,21,25);1H. The maximum absolute atomic E-state index is 13.4. The zero-order valence-electron chi connectivity index (χ0n) is 15.5. The third kappa shape index (κ3) is 5.59. The SMILES string of the molecule is Cl.Cn1nc(C(C)(C)C)cc1C(=O)NCC(N1CCNCC1)C(F)(F)F. The molecular weight excluding hydrogens is 371 g/mol. The molecule has 150 valence electrons. The van der Waals surface area contributed by atoms with Gasteiger partial charge in [-0.3, -0.25) is 14.4 Å². The molecule has 6 nitrogen and oxygen atoms in total. The highest BCUT2D eigenvalue weighted by atomic mass is 35.5. The van der Waals surface area contributed by atoms with Gasteiger partial charge in [-0.1, -0.05) is 20.8 Å². The number of nitrogens with one attached hydrogen (secondary N) is 2. The number of carbonyl (C=O) groups excluding carboxylic acids is 1. The molecule has 1 unspecified atom stereocenters. The third-order valence-corrected chi connectivity index (χ3v) is 4.31. The molecule has 0 aliphatic carbocycles. The van der Waals surface area contributed by atoms with Crippen LogP contribution in [-0.2, 0) is 12.5 Å². The van der Waals surface area contributed by atoms with Gasteiger partial charge in [-0.25, -0.2) is 0 Å². The first-order valence-electron chi connectivity index (χ1n) is 8.34. The number of nitrogens with zero attached hydrogens (tertiary/aromatic N) is 3. The van der Waals surface area contributed by atoms with Crippen LogP contribution in [0.4, 0.5) is 13.2 Å². The van der Waals surface area contributed by atoms with E-state index in [0.717, 1.165) is 5.69 Å². The van der Waals surface area contributed by atoms with Crippen molar-refractivity contribution in [1.82, 2.24) is 25.3 Å². The van der Waals surface area contributed by atoms with Crippen LogP contribution in [-0.4, -0.2) is 65.5 Å². The second-order valence-electron chi connectivity index (χ2n) is 7.34. The summed E-state index contributed by atoms with van der Waals surface area (Å²) in [6.07, 6.45) is -4.40. The molecule has 2 N–H and O–H groups in total. The number of rotatable bonds is 4. The van der Waals surface area contributed by atoms with E-state index in [4.69, 9.17) is 0 Å². The first-order chi connectivity index (χ1) is 11.5. The van der Waals surface area contributed by atoms with Gasteiger partial charge in [0.05, 0.1) is 5.69 Å². The van der Waals surface area contributed by atoms with Crippen LogP contribution in [0.1, 0.15) is 37.0 Å². The van der Waals surface area contributed by atoms with Crippen molar-refractivity contribution in [1.29, 1.82) is 0 Å². The van der Waals surface area contributed by atoms with Crippen LogP contribution < -0.4 is 10.6 Å². The lowest BCUT2D eigenvalue weighted by Gasteiger charge is -2.35. The van der Waals surface area contributed by atoms with Crippen molar-refractivity contribution in [2.45, 2.75) is 38.4 Å². The first kappa shape index (κ1) is 22.7. The Bertz CT molecular complexity index is 606. The molecule has 1 atom stereocenters. The van der Waals surface area contributed by atoms with Gasteiger partial charge in [0.15, 0.2) is 0 Å². The summed E-state index contributed by atoms with van der Waals surface area (Å²) in [5, 5.41) is 9.74. The number of aromatic nitrogens is 2. The molecule has 26 heavy (non-hydrogen) atoms. The fraction of sp³-hybridized carbons (Fsp3) is 0.750. The summed E-state index contributed by atoms with van der Waals surface area (Å²) in [5.41, 5.74) is 0.729. The fourth-order valence-electron chi connectivity index (χ4n) is 2.77. The van der Waals surface area contributed by atoms with E-state index in [9.17, 15) is 18.0 Å². The molecule has 10 heteroatoms. The first-order valence-corrected chi connectivity index (χ1v) is 8.34. The Labute approximate surface area is 157 Å². The number of hydrogen-bond acceptors (Lipinski definition) is 4. The third-order valence-electron chi connectivity index (χ3n) is 4.31. The zero-order chi connectivity index (χ0) is 18.8. The highest BCUT2D eigenvalue weighted by molar-refractivity contribution is 5.92. The summed E-state index contributed by atoms with van der Waals surface area (Å²) in [6, 6.07) is -0.0585. The summed E-state index contributed by atoms with van der Waals surface area (Å²) in [6.45, 7) is 7.04. The Morgan fingerprint density at radius 1 is 1.31 bits per heavy atom. The lowest BCUT2D eigenvalue weighted by Crippen LogP contribution is -2.57. The number of piperazine rings is 1. The van der Waals surface area contributed by atoms with Gasteiger partial charge < -0.3 is 10.6 Å². The van der Waals surface area contributed by atoms with Crippen LogP contribution in [0.3, 0.4) is 0 Å². The topological polar surface area (TPSA) is 62.2 Å². The van der Waals surface area contributed by atoms with Crippen LogP contribution in [0.25, 0.3) is 0 Å². The van der Waals surface area contributed by atoms with Gasteiger partial charge in [0.25, 0.3) is 5.91 Å². The molecule has 0 spiro atoms. The van der Waals surface area contributed by atoms with E-state index in [-0.39, 0.29) is 23.5 Å². The predicted molar refractivity (Wildman–Crippen MR) is 95.8 cm³/mol. The second-order valence-corrected chi connectivity index (χ2v) is 7.34. The summed E-state index contributed by atoms with van der Waals surface area (Å²) in [5.74, 6) is -0.546. The van der Waals surface area contributed by atoms with Crippen molar-refractivity contribution < 1.29 is 18.0 Å². The maximum atomic E-state index is 13.4. The van der Waals surface area contributed by atoms with Crippen LogP contribution in [0.15, 0.2) is 6.07 Å². The van der Waals surface area contributed by atoms with E-state index in [1.54, 1.807) is 13.1 Å². The molecule has 1 fully saturated rings. The molecule has 2 rings (SSSR count). The van der Waals surface area contributed by atoms with Gasteiger partial charge in [-0.05, 0) is 6.07 Å². The Morgan fingerprint density at radius 3 is 2.35 bits per heavy atom. The van der Waals surface area contributed by atoms with E-state index in [1.165, 1.54) is 9.58 Å². The number of carbonyl (C=O) groups is 1. The average Bonchev–Trinajstić information content (AvgIpc) is 2.89. The lowest BCUT2D eigenvalue weighted by atomic mass is 9.92. The van der Waals surface area contributed by atoms with Crippen molar-refractivity contribution in [3.63, 3.8) is 0 Å². The molecule has 1 aromatic heterocycles. The summed E-state index contributed by atoms with van der Waals surface area (Å²) in [7, 11) is 1.61. The monoisotopic (exact) mass is 397 g/mol. The van der Waals surface area contributed by atoms with Crippen LogP contribution in [0.2, 0.25) is 0 Å². The average molecular weight is 398 g/mol. The van der Waals surface area contributed by atoms with Crippen molar-refractivity contribution in [2.75, 3.05) is 32.7 Å². The Morgan fingerprint density at radius 2 is 1.88 bits per heavy atom. The summed E-state index contributed by atoms with van der Waals surface area (Å²) < 4.78 is 41.5. The van der Waals surface area contributed by atoms with E-state index >= 15 is 0 Å². The summed E-state index contributed by atoms with van der Waals surface area (Å²) >= 11 is 0. The fourth-order valence-corrected chi connectivity index (χ4v) is 2.77. The Hall–Kier alpha value is -1.32. The smallest absolute Gasteiger partial charge is 0.349 e. The van der Waals surface area contributed by atoms with Gasteiger partial charge in [0.1, 0.15) is 11.7 Å². The maximum Gasteiger partial charge on any atom is 0.405 e. The molecule has 0 radical (unpaired) electrons. The number of amides is 1. The lowest BCUT2D eigenvalue weighted by molar-refractivity contribution is -0.183. The number of aryl methyl sites for hydroxylation is 1. The number of halogens is 4. The van der Waals surface area contributed by atoms with E-state index in [2.05, 4.69) is 15.7 Å². The normalized spacial score (nSPS) is 17.5. The van der Waals surface area contributed by atoms with E-state index in [1.807, 2.05) is 20.8 Å². The molecule has 1 aromatic rings. The Kier molecular flexibility index (Phi) is 7.50. The van der Waals surface area contributed by atoms with Crippen molar-refractivity contribution in [3.05, 3.63) is 17.5 Å². The van der Waals surface area contributed by atoms with Gasteiger partial charge in [-0.2, -0.15) is 18.3 Å². The molecule has 1 amide bonds. The highest BCUT2D eigenvalue weighted by Gasteiger charge is 2.44. The molecule has 0 bridgehead atoms. The molecule has 1 saturated heterocycles. The quantitative estimate of drug-likeness (QED) is 0.812.